The first-order valence-electron chi connectivity index (χ1n) is 4.67. The first kappa shape index (κ1) is 11.1. The van der Waals surface area contributed by atoms with E-state index in [1.165, 1.54) is 13.2 Å². The quantitative estimate of drug-likeness (QED) is 0.510. The average Bonchev–Trinajstić information content (AvgIpc) is 2.16. The molecule has 0 amide bonds. The van der Waals surface area contributed by atoms with Crippen molar-refractivity contribution in [2.24, 2.45) is 5.92 Å². The van der Waals surface area contributed by atoms with Crippen LogP contribution in [0.3, 0.4) is 0 Å². The van der Waals surface area contributed by atoms with Crippen molar-refractivity contribution in [2.45, 2.75) is 31.6 Å². The topological polar surface area (TPSA) is 26.3 Å². The molecule has 0 aliphatic heterocycles. The number of allylic oxidation sites excluding steroid dienone is 1. The number of ether oxygens (including phenoxy) is 1. The van der Waals surface area contributed by atoms with Crippen molar-refractivity contribution in [1.29, 1.82) is 0 Å². The molecule has 0 aromatic rings. The summed E-state index contributed by atoms with van der Waals surface area (Å²) in [5, 5.41) is 0. The third-order valence-electron chi connectivity index (χ3n) is 2.47. The SMILES string of the molecule is COC(=O)C=CC1CCC(F)(F)CC1. The summed E-state index contributed by atoms with van der Waals surface area (Å²) in [4.78, 5) is 10.7. The van der Waals surface area contributed by atoms with Crippen LogP contribution < -0.4 is 0 Å². The summed E-state index contributed by atoms with van der Waals surface area (Å²) in [6, 6.07) is 0. The molecule has 0 N–H and O–H groups in total. The van der Waals surface area contributed by atoms with Gasteiger partial charge in [-0.25, -0.2) is 13.6 Å². The van der Waals surface area contributed by atoms with Crippen LogP contribution in [0.5, 0.6) is 0 Å². The lowest BCUT2D eigenvalue weighted by Crippen LogP contribution is -2.23. The minimum absolute atomic E-state index is 0.0802. The predicted octanol–water partition coefficient (Wildman–Crippen LogP) is 2.54. The highest BCUT2D eigenvalue weighted by molar-refractivity contribution is 5.81. The largest absolute Gasteiger partial charge is 0.466 e. The lowest BCUT2D eigenvalue weighted by Gasteiger charge is -2.26. The van der Waals surface area contributed by atoms with Gasteiger partial charge in [-0.15, -0.1) is 0 Å². The zero-order valence-electron chi connectivity index (χ0n) is 8.13. The minimum Gasteiger partial charge on any atom is -0.466 e. The van der Waals surface area contributed by atoms with Crippen molar-refractivity contribution in [1.82, 2.24) is 0 Å². The van der Waals surface area contributed by atoms with Crippen molar-refractivity contribution in [3.05, 3.63) is 12.2 Å². The molecule has 0 atom stereocenters. The molecule has 14 heavy (non-hydrogen) atoms. The third kappa shape index (κ3) is 3.44. The zero-order valence-corrected chi connectivity index (χ0v) is 8.13. The molecule has 0 spiro atoms. The summed E-state index contributed by atoms with van der Waals surface area (Å²) in [6.45, 7) is 0. The van der Waals surface area contributed by atoms with Crippen LogP contribution in [0.15, 0.2) is 12.2 Å². The number of alkyl halides is 2. The highest BCUT2D eigenvalue weighted by Crippen LogP contribution is 2.36. The smallest absolute Gasteiger partial charge is 0.330 e. The number of esters is 1. The standard InChI is InChI=1S/C10H14F2O2/c1-14-9(13)3-2-8-4-6-10(11,12)7-5-8/h2-3,8H,4-7H2,1H3. The molecule has 0 heterocycles. The summed E-state index contributed by atoms with van der Waals surface area (Å²) in [5.74, 6) is -2.84. The van der Waals surface area contributed by atoms with E-state index in [0.29, 0.717) is 12.8 Å². The van der Waals surface area contributed by atoms with E-state index in [0.717, 1.165) is 0 Å². The number of halogens is 2. The van der Waals surface area contributed by atoms with E-state index in [1.807, 2.05) is 0 Å². The normalized spacial score (nSPS) is 22.5. The van der Waals surface area contributed by atoms with Gasteiger partial charge in [0.05, 0.1) is 7.11 Å². The molecular formula is C10H14F2O2. The molecule has 1 rings (SSSR count). The van der Waals surface area contributed by atoms with Crippen LogP contribution in [0.4, 0.5) is 8.78 Å². The fraction of sp³-hybridized carbons (Fsp3) is 0.700. The lowest BCUT2D eigenvalue weighted by molar-refractivity contribution is -0.134. The van der Waals surface area contributed by atoms with Gasteiger partial charge in [0.25, 0.3) is 0 Å². The summed E-state index contributed by atoms with van der Waals surface area (Å²) in [5.41, 5.74) is 0. The summed E-state index contributed by atoms with van der Waals surface area (Å²) in [6.07, 6.45) is 3.71. The summed E-state index contributed by atoms with van der Waals surface area (Å²) in [7, 11) is 1.29. The van der Waals surface area contributed by atoms with E-state index >= 15 is 0 Å². The molecule has 0 bridgehead atoms. The van der Waals surface area contributed by atoms with Crippen molar-refractivity contribution < 1.29 is 18.3 Å². The molecule has 0 radical (unpaired) electrons. The average molecular weight is 204 g/mol. The van der Waals surface area contributed by atoms with Crippen molar-refractivity contribution >= 4 is 5.97 Å². The number of hydrogen-bond acceptors (Lipinski definition) is 2. The Labute approximate surface area is 81.9 Å². The van der Waals surface area contributed by atoms with Gasteiger partial charge in [0.15, 0.2) is 0 Å². The Bertz CT molecular complexity index is 226. The first-order valence-corrected chi connectivity index (χ1v) is 4.67. The van der Waals surface area contributed by atoms with Crippen molar-refractivity contribution in [3.8, 4) is 0 Å². The Balaban J connectivity index is 2.36. The highest BCUT2D eigenvalue weighted by atomic mass is 19.3. The van der Waals surface area contributed by atoms with Crippen LogP contribution in [-0.4, -0.2) is 19.0 Å². The number of methoxy groups -OCH3 is 1. The van der Waals surface area contributed by atoms with Gasteiger partial charge >= 0.3 is 5.97 Å². The number of rotatable bonds is 2. The van der Waals surface area contributed by atoms with E-state index in [2.05, 4.69) is 4.74 Å². The maximum Gasteiger partial charge on any atom is 0.330 e. The number of carbonyl (C=O) groups is 1. The van der Waals surface area contributed by atoms with E-state index in [9.17, 15) is 13.6 Å². The van der Waals surface area contributed by atoms with Crippen LogP contribution in [0, 0.1) is 5.92 Å². The van der Waals surface area contributed by atoms with Gasteiger partial charge in [0.2, 0.25) is 5.92 Å². The van der Waals surface area contributed by atoms with Crippen LogP contribution in [0.1, 0.15) is 25.7 Å². The number of carbonyl (C=O) groups excluding carboxylic acids is 1. The molecule has 0 unspecified atom stereocenters. The molecule has 0 aromatic carbocycles. The minimum atomic E-state index is -2.50. The highest BCUT2D eigenvalue weighted by Gasteiger charge is 2.33. The Kier molecular flexibility index (Phi) is 3.61. The Morgan fingerprint density at radius 1 is 1.43 bits per heavy atom. The second-order valence-corrected chi connectivity index (χ2v) is 3.58. The van der Waals surface area contributed by atoms with E-state index in [-0.39, 0.29) is 18.8 Å². The molecule has 2 nitrogen and oxygen atoms in total. The van der Waals surface area contributed by atoms with Crippen LogP contribution in [0.25, 0.3) is 0 Å². The molecule has 80 valence electrons. The molecule has 1 fully saturated rings. The number of hydrogen-bond donors (Lipinski definition) is 0. The van der Waals surface area contributed by atoms with E-state index in [4.69, 9.17) is 0 Å². The second-order valence-electron chi connectivity index (χ2n) is 3.58. The first-order chi connectivity index (χ1) is 6.53. The fourth-order valence-electron chi connectivity index (χ4n) is 1.54. The van der Waals surface area contributed by atoms with Gasteiger partial charge in [-0.1, -0.05) is 6.08 Å². The van der Waals surface area contributed by atoms with Crippen LogP contribution in [-0.2, 0) is 9.53 Å². The van der Waals surface area contributed by atoms with Gasteiger partial charge in [0.1, 0.15) is 0 Å². The molecule has 1 aliphatic rings. The Morgan fingerprint density at radius 2 is 2.00 bits per heavy atom. The molecule has 0 saturated heterocycles. The molecule has 1 aliphatic carbocycles. The van der Waals surface area contributed by atoms with Gasteiger partial charge in [-0.05, 0) is 18.8 Å². The summed E-state index contributed by atoms with van der Waals surface area (Å²) >= 11 is 0. The predicted molar refractivity (Wildman–Crippen MR) is 48.1 cm³/mol. The van der Waals surface area contributed by atoms with Gasteiger partial charge in [0, 0.05) is 18.9 Å². The molecular weight excluding hydrogens is 190 g/mol. The molecule has 0 aromatic heterocycles. The second kappa shape index (κ2) is 4.53. The van der Waals surface area contributed by atoms with Crippen LogP contribution in [0.2, 0.25) is 0 Å². The maximum absolute atomic E-state index is 12.7. The van der Waals surface area contributed by atoms with E-state index < -0.39 is 11.9 Å². The monoisotopic (exact) mass is 204 g/mol. The van der Waals surface area contributed by atoms with Gasteiger partial charge in [-0.2, -0.15) is 0 Å². The lowest BCUT2D eigenvalue weighted by atomic mass is 9.86. The molecule has 4 heteroatoms. The van der Waals surface area contributed by atoms with E-state index in [1.54, 1.807) is 6.08 Å². The van der Waals surface area contributed by atoms with Gasteiger partial charge in [-0.3, -0.25) is 0 Å². The Morgan fingerprint density at radius 3 is 2.50 bits per heavy atom. The Hall–Kier alpha value is -0.930. The van der Waals surface area contributed by atoms with Crippen LogP contribution >= 0.6 is 0 Å². The molecule has 1 saturated carbocycles. The maximum atomic E-state index is 12.7. The van der Waals surface area contributed by atoms with Gasteiger partial charge < -0.3 is 4.74 Å². The third-order valence-corrected chi connectivity index (χ3v) is 2.47. The summed E-state index contributed by atoms with van der Waals surface area (Å²) < 4.78 is 29.9. The zero-order chi connectivity index (χ0) is 10.6. The van der Waals surface area contributed by atoms with Crippen molar-refractivity contribution in [3.63, 3.8) is 0 Å². The fourth-order valence-corrected chi connectivity index (χ4v) is 1.54. The van der Waals surface area contributed by atoms with Crippen molar-refractivity contribution in [2.75, 3.05) is 7.11 Å².